The van der Waals surface area contributed by atoms with Crippen LogP contribution in [0.4, 0.5) is 0 Å². The standard InChI is InChI=1S/C36H27N3O/c1-23-21-33-28(26-10-2-3-11-27(26)31-13-4-7-20-39(31)33)17-15-24-16-18-30-29-12-8-9-25(22-37)35(29)40-36(30)34(24)32-14-5-6-19-38(23)32/h2-14,16,18-20,28,33H,1,15,17,21H2/q+2. The Hall–Kier alpha value is -5.01. The Kier molecular flexibility index (Phi) is 5.02. The van der Waals surface area contributed by atoms with Crippen molar-refractivity contribution in [3.8, 4) is 28.6 Å². The Morgan fingerprint density at radius 1 is 0.800 bits per heavy atom. The molecule has 8 rings (SSSR count). The van der Waals surface area contributed by atoms with Gasteiger partial charge in [0.15, 0.2) is 29.7 Å². The molecule has 6 aromatic rings. The van der Waals surface area contributed by atoms with Gasteiger partial charge in [0.05, 0.1) is 17.5 Å². The second-order valence-corrected chi connectivity index (χ2v) is 10.9. The van der Waals surface area contributed by atoms with Crippen LogP contribution < -0.4 is 9.13 Å². The number of furan rings is 1. The van der Waals surface area contributed by atoms with Gasteiger partial charge in [0.1, 0.15) is 11.7 Å². The van der Waals surface area contributed by atoms with Gasteiger partial charge < -0.3 is 4.42 Å². The summed E-state index contributed by atoms with van der Waals surface area (Å²) in [4.78, 5) is 0. The van der Waals surface area contributed by atoms with Gasteiger partial charge in [-0.25, -0.2) is 0 Å². The Morgan fingerprint density at radius 3 is 2.50 bits per heavy atom. The Balaban J connectivity index is 1.39. The first kappa shape index (κ1) is 22.9. The van der Waals surface area contributed by atoms with Crippen LogP contribution in [0, 0.1) is 11.3 Å². The second-order valence-electron chi connectivity index (χ2n) is 10.9. The molecular formula is C36H27N3O+2. The van der Waals surface area contributed by atoms with Crippen molar-refractivity contribution in [3.63, 3.8) is 0 Å². The van der Waals surface area contributed by atoms with Crippen molar-refractivity contribution in [2.75, 3.05) is 0 Å². The minimum atomic E-state index is 0.258. The van der Waals surface area contributed by atoms with Crippen molar-refractivity contribution in [1.82, 2.24) is 0 Å². The number of rotatable bonds is 0. The molecular weight excluding hydrogens is 490 g/mol. The highest BCUT2D eigenvalue weighted by molar-refractivity contribution is 6.11. The summed E-state index contributed by atoms with van der Waals surface area (Å²) < 4.78 is 11.3. The van der Waals surface area contributed by atoms with E-state index >= 15 is 0 Å². The van der Waals surface area contributed by atoms with Gasteiger partial charge in [0.25, 0.3) is 0 Å². The molecule has 0 bridgehead atoms. The van der Waals surface area contributed by atoms with Crippen LogP contribution in [0.25, 0.3) is 50.2 Å². The van der Waals surface area contributed by atoms with Crippen molar-refractivity contribution in [2.24, 2.45) is 0 Å². The normalized spacial score (nSPS) is 17.7. The van der Waals surface area contributed by atoms with Gasteiger partial charge in [0, 0.05) is 46.5 Å². The predicted molar refractivity (Wildman–Crippen MR) is 156 cm³/mol. The summed E-state index contributed by atoms with van der Waals surface area (Å²) >= 11 is 0. The fourth-order valence-corrected chi connectivity index (χ4v) is 7.07. The molecule has 40 heavy (non-hydrogen) atoms. The van der Waals surface area contributed by atoms with Gasteiger partial charge in [-0.15, -0.1) is 0 Å². The van der Waals surface area contributed by atoms with E-state index in [-0.39, 0.29) is 6.04 Å². The molecule has 0 saturated heterocycles. The van der Waals surface area contributed by atoms with Crippen molar-refractivity contribution < 1.29 is 13.6 Å². The number of para-hydroxylation sites is 1. The lowest BCUT2D eigenvalue weighted by molar-refractivity contribution is -0.720. The number of fused-ring (bicyclic) bond motifs is 13. The number of hydrogen-bond donors (Lipinski definition) is 0. The van der Waals surface area contributed by atoms with E-state index in [1.807, 2.05) is 18.2 Å². The molecule has 190 valence electrons. The molecule has 2 aliphatic heterocycles. The number of pyridine rings is 2. The average Bonchev–Trinajstić information content (AvgIpc) is 3.39. The van der Waals surface area contributed by atoms with E-state index < -0.39 is 0 Å². The van der Waals surface area contributed by atoms with E-state index in [9.17, 15) is 5.26 Å². The summed E-state index contributed by atoms with van der Waals surface area (Å²) in [7, 11) is 0. The van der Waals surface area contributed by atoms with Crippen molar-refractivity contribution in [3.05, 3.63) is 127 Å². The molecule has 0 aliphatic carbocycles. The summed E-state index contributed by atoms with van der Waals surface area (Å²) in [6.07, 6.45) is 7.09. The van der Waals surface area contributed by atoms with Crippen LogP contribution in [0.1, 0.15) is 41.5 Å². The highest BCUT2D eigenvalue weighted by atomic mass is 16.3. The smallest absolute Gasteiger partial charge is 0.222 e. The van der Waals surface area contributed by atoms with Gasteiger partial charge in [0.2, 0.25) is 11.4 Å². The molecule has 0 amide bonds. The van der Waals surface area contributed by atoms with Crippen molar-refractivity contribution in [2.45, 2.75) is 31.2 Å². The molecule has 4 heteroatoms. The van der Waals surface area contributed by atoms with Crippen LogP contribution in [0.2, 0.25) is 0 Å². The van der Waals surface area contributed by atoms with Gasteiger partial charge in [-0.3, -0.25) is 0 Å². The van der Waals surface area contributed by atoms with Gasteiger partial charge in [-0.05, 0) is 54.8 Å². The van der Waals surface area contributed by atoms with E-state index in [1.165, 1.54) is 22.4 Å². The van der Waals surface area contributed by atoms with Crippen LogP contribution in [0.3, 0.4) is 0 Å². The maximum atomic E-state index is 9.77. The molecule has 2 unspecified atom stereocenters. The number of nitrogens with zero attached hydrogens (tertiary/aromatic N) is 3. The first-order valence-corrected chi connectivity index (χ1v) is 13.9. The number of allylic oxidation sites excluding steroid dienone is 1. The molecule has 0 saturated carbocycles. The first-order valence-electron chi connectivity index (χ1n) is 13.9. The van der Waals surface area contributed by atoms with Crippen LogP contribution >= 0.6 is 0 Å². The first-order chi connectivity index (χ1) is 19.7. The van der Waals surface area contributed by atoms with Gasteiger partial charge in [-0.2, -0.15) is 14.4 Å². The predicted octanol–water partition coefficient (Wildman–Crippen LogP) is 7.51. The molecule has 3 aromatic heterocycles. The summed E-state index contributed by atoms with van der Waals surface area (Å²) in [5, 5.41) is 11.8. The van der Waals surface area contributed by atoms with E-state index in [1.54, 1.807) is 0 Å². The maximum absolute atomic E-state index is 9.77. The Bertz CT molecular complexity index is 2040. The molecule has 2 aliphatic rings. The fourth-order valence-electron chi connectivity index (χ4n) is 7.07. The number of aryl methyl sites for hydroxylation is 1. The maximum Gasteiger partial charge on any atom is 0.222 e. The summed E-state index contributed by atoms with van der Waals surface area (Å²) in [5.41, 5.74) is 10.5. The summed E-state index contributed by atoms with van der Waals surface area (Å²) in [6, 6.07) is 34.5. The quantitative estimate of drug-likeness (QED) is 0.196. The lowest BCUT2D eigenvalue weighted by atomic mass is 9.77. The van der Waals surface area contributed by atoms with E-state index in [0.717, 1.165) is 52.6 Å². The van der Waals surface area contributed by atoms with Crippen LogP contribution in [0.5, 0.6) is 0 Å². The molecule has 2 atom stereocenters. The lowest BCUT2D eigenvalue weighted by Crippen LogP contribution is -2.49. The van der Waals surface area contributed by atoms with Crippen LogP contribution in [0.15, 0.2) is 114 Å². The highest BCUT2D eigenvalue weighted by Crippen LogP contribution is 2.45. The third-order valence-corrected chi connectivity index (χ3v) is 8.85. The minimum Gasteiger partial charge on any atom is -0.454 e. The van der Waals surface area contributed by atoms with Gasteiger partial charge in [-0.1, -0.05) is 42.5 Å². The zero-order chi connectivity index (χ0) is 26.8. The Labute approximate surface area is 232 Å². The summed E-state index contributed by atoms with van der Waals surface area (Å²) in [5.74, 6) is 0.336. The number of aromatic nitrogens is 2. The van der Waals surface area contributed by atoms with E-state index in [0.29, 0.717) is 17.1 Å². The largest absolute Gasteiger partial charge is 0.454 e. The van der Waals surface area contributed by atoms with Crippen molar-refractivity contribution in [1.29, 1.82) is 5.26 Å². The number of hydrogen-bond acceptors (Lipinski definition) is 2. The second kappa shape index (κ2) is 8.76. The van der Waals surface area contributed by atoms with E-state index in [4.69, 9.17) is 4.42 Å². The number of benzene rings is 3. The van der Waals surface area contributed by atoms with Crippen LogP contribution in [-0.4, -0.2) is 0 Å². The minimum absolute atomic E-state index is 0.258. The topological polar surface area (TPSA) is 44.7 Å². The molecule has 4 nitrogen and oxygen atoms in total. The average molecular weight is 518 g/mol. The molecule has 3 aromatic carbocycles. The monoisotopic (exact) mass is 517 g/mol. The fraction of sp³-hybridized carbons (Fsp3) is 0.139. The lowest BCUT2D eigenvalue weighted by Gasteiger charge is -2.31. The molecule has 0 N–H and O–H groups in total. The molecule has 0 fully saturated rings. The summed E-state index contributed by atoms with van der Waals surface area (Å²) in [6.45, 7) is 4.65. The van der Waals surface area contributed by atoms with E-state index in [2.05, 4.69) is 107 Å². The van der Waals surface area contributed by atoms with Crippen LogP contribution in [-0.2, 0) is 6.42 Å². The molecule has 0 spiro atoms. The third kappa shape index (κ3) is 3.25. The zero-order valence-electron chi connectivity index (χ0n) is 22.0. The number of nitriles is 1. The highest BCUT2D eigenvalue weighted by Gasteiger charge is 2.42. The van der Waals surface area contributed by atoms with Gasteiger partial charge >= 0.3 is 0 Å². The SMILES string of the molecule is C=C1CC2C(CCc3ccc4c(oc5c(C#N)cccc54)c3-c3cccc[n+]31)c1ccccc1-c1cccc[n+]12. The van der Waals surface area contributed by atoms with Crippen molar-refractivity contribution >= 4 is 27.6 Å². The molecule has 5 heterocycles. The zero-order valence-corrected chi connectivity index (χ0v) is 22.0. The third-order valence-electron chi connectivity index (χ3n) is 8.85. The molecule has 0 radical (unpaired) electrons. The Morgan fingerprint density at radius 2 is 1.60 bits per heavy atom.